The van der Waals surface area contributed by atoms with E-state index in [1.165, 1.54) is 66.6 Å². The van der Waals surface area contributed by atoms with Crippen molar-refractivity contribution >= 4 is 38.9 Å². The maximum absolute atomic E-state index is 2.42. The average Bonchev–Trinajstić information content (AvgIpc) is 3.46. The Morgan fingerprint density at radius 1 is 0.383 bits per heavy atom. The smallest absolute Gasteiger partial charge is 0.0541 e. The first-order valence-corrected chi connectivity index (χ1v) is 16.4. The number of anilines is 3. The van der Waals surface area contributed by atoms with Crippen molar-refractivity contribution in [2.75, 3.05) is 4.90 Å². The molecule has 47 heavy (non-hydrogen) atoms. The fourth-order valence-electron chi connectivity index (χ4n) is 7.62. The summed E-state index contributed by atoms with van der Waals surface area (Å²) in [6, 6.07) is 61.9. The Labute approximate surface area is 275 Å². The van der Waals surface area contributed by atoms with Gasteiger partial charge in [-0.15, -0.1) is 0 Å². The predicted octanol–water partition coefficient (Wildman–Crippen LogP) is 12.2. The molecule has 224 valence electrons. The van der Waals surface area contributed by atoms with Gasteiger partial charge in [0.05, 0.1) is 22.4 Å². The Hall–Kier alpha value is -5.86. The summed E-state index contributed by atoms with van der Waals surface area (Å²) in [6.45, 7) is 4.67. The molecular formula is C45H34N2. The van der Waals surface area contributed by atoms with Crippen molar-refractivity contribution in [3.05, 3.63) is 181 Å². The van der Waals surface area contributed by atoms with E-state index in [1.54, 1.807) is 0 Å². The fourth-order valence-corrected chi connectivity index (χ4v) is 7.62. The van der Waals surface area contributed by atoms with Crippen LogP contribution in [0, 0.1) is 0 Å². The highest BCUT2D eigenvalue weighted by Gasteiger charge is 2.36. The number of rotatable bonds is 4. The van der Waals surface area contributed by atoms with Crippen LogP contribution in [0.3, 0.4) is 0 Å². The summed E-state index contributed by atoms with van der Waals surface area (Å²) in [7, 11) is 0. The highest BCUT2D eigenvalue weighted by atomic mass is 15.2. The van der Waals surface area contributed by atoms with Gasteiger partial charge in [0.2, 0.25) is 0 Å². The van der Waals surface area contributed by atoms with E-state index in [-0.39, 0.29) is 5.41 Å². The Morgan fingerprint density at radius 3 is 1.30 bits per heavy atom. The first-order chi connectivity index (χ1) is 23.1. The summed E-state index contributed by atoms with van der Waals surface area (Å²) >= 11 is 0. The molecule has 0 amide bonds. The molecule has 2 heterocycles. The lowest BCUT2D eigenvalue weighted by molar-refractivity contribution is 0.632. The maximum atomic E-state index is 2.42. The number of nitrogens with zero attached hydrogens (tertiary/aromatic N) is 2. The molecule has 1 aliphatic rings. The molecule has 2 heteroatoms. The van der Waals surface area contributed by atoms with Crippen molar-refractivity contribution in [2.24, 2.45) is 0 Å². The Bertz CT molecular complexity index is 2270. The summed E-state index contributed by atoms with van der Waals surface area (Å²) in [5.41, 5.74) is 14.7. The van der Waals surface area contributed by atoms with Crippen LogP contribution in [0.2, 0.25) is 0 Å². The molecule has 0 spiro atoms. The number of benzene rings is 7. The van der Waals surface area contributed by atoms with Crippen molar-refractivity contribution in [1.82, 2.24) is 4.57 Å². The first kappa shape index (κ1) is 27.5. The van der Waals surface area contributed by atoms with Gasteiger partial charge in [-0.1, -0.05) is 123 Å². The zero-order valence-corrected chi connectivity index (χ0v) is 26.6. The topological polar surface area (TPSA) is 8.17 Å². The molecular weight excluding hydrogens is 569 g/mol. The molecule has 0 bridgehead atoms. The van der Waals surface area contributed by atoms with E-state index in [9.17, 15) is 0 Å². The van der Waals surface area contributed by atoms with Crippen molar-refractivity contribution in [1.29, 1.82) is 0 Å². The van der Waals surface area contributed by atoms with E-state index < -0.39 is 0 Å². The van der Waals surface area contributed by atoms with E-state index in [0.29, 0.717) is 0 Å². The van der Waals surface area contributed by atoms with Crippen LogP contribution < -0.4 is 4.90 Å². The van der Waals surface area contributed by atoms with Crippen LogP contribution in [-0.4, -0.2) is 4.57 Å². The second kappa shape index (κ2) is 10.6. The third kappa shape index (κ3) is 4.33. The highest BCUT2D eigenvalue weighted by Crippen LogP contribution is 2.51. The van der Waals surface area contributed by atoms with Gasteiger partial charge in [0.25, 0.3) is 0 Å². The summed E-state index contributed by atoms with van der Waals surface area (Å²) in [5.74, 6) is 0. The van der Waals surface area contributed by atoms with Gasteiger partial charge >= 0.3 is 0 Å². The average molecular weight is 603 g/mol. The van der Waals surface area contributed by atoms with E-state index in [4.69, 9.17) is 0 Å². The number of fused-ring (bicyclic) bond motifs is 5. The second-order valence-corrected chi connectivity index (χ2v) is 13.0. The van der Waals surface area contributed by atoms with Gasteiger partial charge < -0.3 is 9.47 Å². The molecule has 1 aromatic heterocycles. The predicted molar refractivity (Wildman–Crippen MR) is 198 cm³/mol. The Kier molecular flexibility index (Phi) is 6.20. The van der Waals surface area contributed by atoms with Gasteiger partial charge in [0.15, 0.2) is 0 Å². The van der Waals surface area contributed by atoms with Crippen molar-refractivity contribution in [3.63, 3.8) is 0 Å². The first-order valence-electron chi connectivity index (χ1n) is 16.4. The molecule has 0 saturated heterocycles. The molecule has 0 unspecified atom stereocenters. The van der Waals surface area contributed by atoms with Crippen LogP contribution in [0.1, 0.15) is 25.0 Å². The number of aromatic nitrogens is 1. The van der Waals surface area contributed by atoms with Crippen LogP contribution >= 0.6 is 0 Å². The quantitative estimate of drug-likeness (QED) is 0.195. The molecule has 7 aromatic carbocycles. The second-order valence-electron chi connectivity index (χ2n) is 13.0. The van der Waals surface area contributed by atoms with Gasteiger partial charge in [-0.05, 0) is 94.0 Å². The van der Waals surface area contributed by atoms with Gasteiger partial charge in [0, 0.05) is 27.6 Å². The fraction of sp³-hybridized carbons (Fsp3) is 0.0667. The molecule has 0 atom stereocenters. The van der Waals surface area contributed by atoms with Crippen molar-refractivity contribution in [2.45, 2.75) is 19.3 Å². The standard InChI is InChI=1S/C45H34N2/c1-45(2)39-17-9-11-19-43(39)47(44-20-12-10-18-40(44)45)36-25-23-35(24-26-36)46-41-27-21-33(31-13-5-3-6-14-31)29-37(41)38-30-34(22-28-42(38)46)32-15-7-4-8-16-32/h3-30H,1-2H3. The SMILES string of the molecule is CC1(C)c2ccccc2N(c2ccc(-n3c4ccc(-c5ccccc5)cc4c4cc(-c5ccccc5)ccc43)cc2)c2ccccc21. The number of para-hydroxylation sites is 2. The summed E-state index contributed by atoms with van der Waals surface area (Å²) in [6.07, 6.45) is 0. The third-order valence-electron chi connectivity index (χ3n) is 9.98. The lowest BCUT2D eigenvalue weighted by Gasteiger charge is -2.42. The molecule has 1 aliphatic heterocycles. The van der Waals surface area contributed by atoms with Crippen LogP contribution in [0.25, 0.3) is 49.7 Å². The summed E-state index contributed by atoms with van der Waals surface area (Å²) < 4.78 is 2.42. The van der Waals surface area contributed by atoms with Crippen LogP contribution in [0.15, 0.2) is 170 Å². The zero-order chi connectivity index (χ0) is 31.5. The van der Waals surface area contributed by atoms with E-state index in [0.717, 1.165) is 11.4 Å². The summed E-state index contributed by atoms with van der Waals surface area (Å²) in [5, 5.41) is 2.51. The zero-order valence-electron chi connectivity index (χ0n) is 26.6. The molecule has 0 aliphatic carbocycles. The normalized spacial score (nSPS) is 13.4. The minimum absolute atomic E-state index is 0.0796. The number of hydrogen-bond acceptors (Lipinski definition) is 1. The molecule has 0 N–H and O–H groups in total. The lowest BCUT2D eigenvalue weighted by atomic mass is 9.73. The van der Waals surface area contributed by atoms with Crippen molar-refractivity contribution < 1.29 is 0 Å². The minimum atomic E-state index is -0.0796. The lowest BCUT2D eigenvalue weighted by Crippen LogP contribution is -2.30. The van der Waals surface area contributed by atoms with Crippen LogP contribution in [-0.2, 0) is 5.41 Å². The van der Waals surface area contributed by atoms with Gasteiger partial charge in [0.1, 0.15) is 0 Å². The molecule has 9 rings (SSSR count). The van der Waals surface area contributed by atoms with E-state index in [1.807, 2.05) is 0 Å². The van der Waals surface area contributed by atoms with E-state index in [2.05, 4.69) is 193 Å². The monoisotopic (exact) mass is 602 g/mol. The molecule has 8 aromatic rings. The molecule has 0 saturated carbocycles. The Balaban J connectivity index is 1.22. The molecule has 0 fully saturated rings. The highest BCUT2D eigenvalue weighted by molar-refractivity contribution is 6.11. The van der Waals surface area contributed by atoms with Gasteiger partial charge in [-0.25, -0.2) is 0 Å². The third-order valence-corrected chi connectivity index (χ3v) is 9.98. The maximum Gasteiger partial charge on any atom is 0.0541 e. The van der Waals surface area contributed by atoms with Gasteiger partial charge in [-0.2, -0.15) is 0 Å². The van der Waals surface area contributed by atoms with E-state index >= 15 is 0 Å². The number of hydrogen-bond donors (Lipinski definition) is 0. The van der Waals surface area contributed by atoms with Crippen LogP contribution in [0.4, 0.5) is 17.1 Å². The summed E-state index contributed by atoms with van der Waals surface area (Å²) in [4.78, 5) is 2.42. The van der Waals surface area contributed by atoms with Gasteiger partial charge in [-0.3, -0.25) is 0 Å². The molecule has 0 radical (unpaired) electrons. The molecule has 2 nitrogen and oxygen atoms in total. The largest absolute Gasteiger partial charge is 0.310 e. The Morgan fingerprint density at radius 2 is 0.809 bits per heavy atom. The minimum Gasteiger partial charge on any atom is -0.310 e. The van der Waals surface area contributed by atoms with Crippen LogP contribution in [0.5, 0.6) is 0 Å². The van der Waals surface area contributed by atoms with Crippen molar-refractivity contribution in [3.8, 4) is 27.9 Å².